The molecule has 0 radical (unpaired) electrons. The number of nitrogens with zero attached hydrogens (tertiary/aromatic N) is 1. The molecule has 0 bridgehead atoms. The summed E-state index contributed by atoms with van der Waals surface area (Å²) in [6.45, 7) is 2.11. The first-order chi connectivity index (χ1) is 9.10. The van der Waals surface area contributed by atoms with Crippen molar-refractivity contribution < 1.29 is 9.90 Å². The standard InChI is InChI=1S/C14H19NO2S2/c1-11(10-18-3)15(2)14(17)13-8-7-12(19-13)6-4-5-9-16/h7-8,11,16H,5,9-10H2,1-3H3. The first-order valence-electron chi connectivity index (χ1n) is 6.05. The maximum absolute atomic E-state index is 12.2. The summed E-state index contributed by atoms with van der Waals surface area (Å²) in [5.41, 5.74) is 0. The number of amides is 1. The molecule has 0 aromatic carbocycles. The molecule has 1 amide bonds. The van der Waals surface area contributed by atoms with Gasteiger partial charge >= 0.3 is 0 Å². The minimum absolute atomic E-state index is 0.0433. The Morgan fingerprint density at radius 3 is 2.95 bits per heavy atom. The largest absolute Gasteiger partial charge is 0.395 e. The molecule has 0 saturated carbocycles. The lowest BCUT2D eigenvalue weighted by molar-refractivity contribution is 0.0762. The first kappa shape index (κ1) is 16.1. The zero-order valence-corrected chi connectivity index (χ0v) is 13.1. The predicted octanol–water partition coefficient (Wildman–Crippen LogP) is 2.31. The van der Waals surface area contributed by atoms with E-state index in [0.717, 1.165) is 10.6 Å². The normalized spacial score (nSPS) is 11.6. The third-order valence-electron chi connectivity index (χ3n) is 2.65. The Bertz CT molecular complexity index is 473. The van der Waals surface area contributed by atoms with E-state index >= 15 is 0 Å². The van der Waals surface area contributed by atoms with Gasteiger partial charge in [-0.25, -0.2) is 0 Å². The lowest BCUT2D eigenvalue weighted by Crippen LogP contribution is -2.36. The molecule has 1 atom stereocenters. The van der Waals surface area contributed by atoms with Crippen LogP contribution in [0, 0.1) is 11.8 Å². The van der Waals surface area contributed by atoms with Crippen molar-refractivity contribution in [1.82, 2.24) is 4.90 Å². The molecule has 0 fully saturated rings. The van der Waals surface area contributed by atoms with E-state index in [1.165, 1.54) is 11.3 Å². The zero-order valence-electron chi connectivity index (χ0n) is 11.5. The van der Waals surface area contributed by atoms with Gasteiger partial charge in [0.15, 0.2) is 0 Å². The molecule has 19 heavy (non-hydrogen) atoms. The second kappa shape index (κ2) is 8.26. The summed E-state index contributed by atoms with van der Waals surface area (Å²) in [7, 11) is 1.83. The van der Waals surface area contributed by atoms with Gasteiger partial charge in [-0.15, -0.1) is 11.3 Å². The molecule has 0 aliphatic rings. The Morgan fingerprint density at radius 1 is 1.58 bits per heavy atom. The summed E-state index contributed by atoms with van der Waals surface area (Å²) in [6, 6.07) is 3.89. The highest BCUT2D eigenvalue weighted by molar-refractivity contribution is 7.98. The van der Waals surface area contributed by atoms with Crippen molar-refractivity contribution in [3.8, 4) is 11.8 Å². The van der Waals surface area contributed by atoms with Gasteiger partial charge < -0.3 is 10.0 Å². The molecule has 5 heteroatoms. The van der Waals surface area contributed by atoms with Crippen molar-refractivity contribution in [2.45, 2.75) is 19.4 Å². The summed E-state index contributed by atoms with van der Waals surface area (Å²) in [6.07, 6.45) is 2.50. The van der Waals surface area contributed by atoms with Crippen molar-refractivity contribution in [1.29, 1.82) is 0 Å². The first-order valence-corrected chi connectivity index (χ1v) is 8.26. The molecule has 0 saturated heterocycles. The Balaban J connectivity index is 2.71. The average Bonchev–Trinajstić information content (AvgIpc) is 2.86. The highest BCUT2D eigenvalue weighted by atomic mass is 32.2. The SMILES string of the molecule is CSCC(C)N(C)C(=O)c1ccc(C#CCCO)s1. The molecule has 1 unspecified atom stereocenters. The van der Waals surface area contributed by atoms with Gasteiger partial charge in [0.1, 0.15) is 0 Å². The van der Waals surface area contributed by atoms with E-state index in [1.807, 2.05) is 32.4 Å². The quantitative estimate of drug-likeness (QED) is 0.848. The summed E-state index contributed by atoms with van der Waals surface area (Å²) < 4.78 is 0. The lowest BCUT2D eigenvalue weighted by Gasteiger charge is -2.23. The number of aliphatic hydroxyl groups excluding tert-OH is 1. The van der Waals surface area contributed by atoms with Gasteiger partial charge in [0.25, 0.3) is 5.91 Å². The molecular formula is C14H19NO2S2. The molecule has 0 aliphatic heterocycles. The van der Waals surface area contributed by atoms with Crippen LogP contribution in [0.5, 0.6) is 0 Å². The molecule has 1 rings (SSSR count). The summed E-state index contributed by atoms with van der Waals surface area (Å²) >= 11 is 3.13. The van der Waals surface area contributed by atoms with Crippen molar-refractivity contribution in [3.63, 3.8) is 0 Å². The summed E-state index contributed by atoms with van der Waals surface area (Å²) in [5, 5.41) is 8.66. The van der Waals surface area contributed by atoms with Gasteiger partial charge in [-0.05, 0) is 25.3 Å². The van der Waals surface area contributed by atoms with Gasteiger partial charge in [-0.1, -0.05) is 11.8 Å². The van der Waals surface area contributed by atoms with Gasteiger partial charge in [0, 0.05) is 25.3 Å². The Hall–Kier alpha value is -0.960. The van der Waals surface area contributed by atoms with Crippen molar-refractivity contribution >= 4 is 29.0 Å². The molecule has 1 heterocycles. The second-order valence-electron chi connectivity index (χ2n) is 4.16. The molecule has 0 aliphatic carbocycles. The number of hydrogen-bond acceptors (Lipinski definition) is 4. The Morgan fingerprint density at radius 2 is 2.32 bits per heavy atom. The highest BCUT2D eigenvalue weighted by Gasteiger charge is 2.18. The Labute approximate surface area is 123 Å². The number of thiophene rings is 1. The minimum atomic E-state index is 0.0433. The topological polar surface area (TPSA) is 40.5 Å². The van der Waals surface area contributed by atoms with Crippen LogP contribution in [0.4, 0.5) is 0 Å². The number of rotatable bonds is 5. The van der Waals surface area contributed by atoms with E-state index in [9.17, 15) is 4.79 Å². The van der Waals surface area contributed by atoms with Crippen LogP contribution < -0.4 is 0 Å². The molecule has 1 N–H and O–H groups in total. The van der Waals surface area contributed by atoms with E-state index in [4.69, 9.17) is 5.11 Å². The molecule has 3 nitrogen and oxygen atoms in total. The number of thioether (sulfide) groups is 1. The summed E-state index contributed by atoms with van der Waals surface area (Å²) in [5.74, 6) is 6.78. The number of carbonyl (C=O) groups is 1. The van der Waals surface area contributed by atoms with E-state index < -0.39 is 0 Å². The molecule has 0 spiro atoms. The number of carbonyl (C=O) groups excluding carboxylic acids is 1. The third-order valence-corrected chi connectivity index (χ3v) is 4.46. The van der Waals surface area contributed by atoms with Crippen LogP contribution in [0.15, 0.2) is 12.1 Å². The predicted molar refractivity (Wildman–Crippen MR) is 82.8 cm³/mol. The van der Waals surface area contributed by atoms with Crippen molar-refractivity contribution in [2.24, 2.45) is 0 Å². The molecule has 104 valence electrons. The maximum Gasteiger partial charge on any atom is 0.263 e. The highest BCUT2D eigenvalue weighted by Crippen LogP contribution is 2.18. The van der Waals surface area contributed by atoms with E-state index in [1.54, 1.807) is 16.7 Å². The van der Waals surface area contributed by atoms with Crippen LogP contribution in [-0.4, -0.2) is 47.6 Å². The third kappa shape index (κ3) is 4.90. The van der Waals surface area contributed by atoms with Crippen molar-refractivity contribution in [3.05, 3.63) is 21.9 Å². The second-order valence-corrected chi connectivity index (χ2v) is 6.15. The molecule has 1 aromatic heterocycles. The van der Waals surface area contributed by atoms with Crippen LogP contribution in [0.3, 0.4) is 0 Å². The molecule has 1 aromatic rings. The van der Waals surface area contributed by atoms with Crippen molar-refractivity contribution in [2.75, 3.05) is 25.7 Å². The lowest BCUT2D eigenvalue weighted by atomic mass is 10.3. The average molecular weight is 297 g/mol. The van der Waals surface area contributed by atoms with Crippen LogP contribution in [0.2, 0.25) is 0 Å². The van der Waals surface area contributed by atoms with Crippen LogP contribution in [0.1, 0.15) is 27.9 Å². The minimum Gasteiger partial charge on any atom is -0.395 e. The smallest absolute Gasteiger partial charge is 0.263 e. The van der Waals surface area contributed by atoms with E-state index in [-0.39, 0.29) is 18.6 Å². The fourth-order valence-corrected chi connectivity index (χ4v) is 3.02. The van der Waals surface area contributed by atoms with Gasteiger partial charge in [0.2, 0.25) is 0 Å². The fraction of sp³-hybridized carbons (Fsp3) is 0.500. The zero-order chi connectivity index (χ0) is 14.3. The van der Waals surface area contributed by atoms with Gasteiger partial charge in [0.05, 0.1) is 16.4 Å². The van der Waals surface area contributed by atoms with Gasteiger partial charge in [-0.3, -0.25) is 4.79 Å². The number of hydrogen-bond donors (Lipinski definition) is 1. The fourth-order valence-electron chi connectivity index (χ4n) is 1.45. The molecular weight excluding hydrogens is 278 g/mol. The van der Waals surface area contributed by atoms with E-state index in [0.29, 0.717) is 11.3 Å². The summed E-state index contributed by atoms with van der Waals surface area (Å²) in [4.78, 5) is 15.6. The van der Waals surface area contributed by atoms with Crippen LogP contribution in [-0.2, 0) is 0 Å². The monoisotopic (exact) mass is 297 g/mol. The Kier molecular flexibility index (Phi) is 7.00. The maximum atomic E-state index is 12.2. The van der Waals surface area contributed by atoms with Crippen LogP contribution >= 0.6 is 23.1 Å². The van der Waals surface area contributed by atoms with E-state index in [2.05, 4.69) is 11.8 Å². The van der Waals surface area contributed by atoms with Crippen LogP contribution in [0.25, 0.3) is 0 Å². The number of aliphatic hydroxyl groups is 1. The van der Waals surface area contributed by atoms with Gasteiger partial charge in [-0.2, -0.15) is 11.8 Å².